The molecule has 0 aliphatic carbocycles. The highest BCUT2D eigenvalue weighted by Crippen LogP contribution is 2.35. The molecular formula is C16H18BrNO2. The van der Waals surface area contributed by atoms with Crippen molar-refractivity contribution in [3.05, 3.63) is 58.1 Å². The molecule has 3 nitrogen and oxygen atoms in total. The maximum absolute atomic E-state index is 6.37. The van der Waals surface area contributed by atoms with Gasteiger partial charge in [0.2, 0.25) is 0 Å². The Balaban J connectivity index is 2.34. The predicted octanol–water partition coefficient (Wildman–Crippen LogP) is 3.71. The van der Waals surface area contributed by atoms with Crippen LogP contribution in [0.15, 0.2) is 46.9 Å². The van der Waals surface area contributed by atoms with Gasteiger partial charge >= 0.3 is 0 Å². The van der Waals surface area contributed by atoms with Gasteiger partial charge in [-0.1, -0.05) is 40.2 Å². The first-order chi connectivity index (χ1) is 9.67. The third kappa shape index (κ3) is 3.14. The number of methoxy groups -OCH3 is 2. The van der Waals surface area contributed by atoms with Crippen LogP contribution in [0.3, 0.4) is 0 Å². The third-order valence-electron chi connectivity index (χ3n) is 3.23. The molecule has 0 aromatic heterocycles. The van der Waals surface area contributed by atoms with Crippen LogP contribution >= 0.6 is 15.9 Å². The Morgan fingerprint density at radius 1 is 1.00 bits per heavy atom. The summed E-state index contributed by atoms with van der Waals surface area (Å²) in [5, 5.41) is 0. The van der Waals surface area contributed by atoms with Gasteiger partial charge in [-0.3, -0.25) is 0 Å². The van der Waals surface area contributed by atoms with Crippen LogP contribution in [0.2, 0.25) is 0 Å². The van der Waals surface area contributed by atoms with Crippen molar-refractivity contribution in [1.29, 1.82) is 0 Å². The normalized spacial score (nSPS) is 12.0. The van der Waals surface area contributed by atoms with Crippen molar-refractivity contribution in [2.24, 2.45) is 5.73 Å². The molecule has 0 saturated carbocycles. The Morgan fingerprint density at radius 2 is 1.60 bits per heavy atom. The first kappa shape index (κ1) is 14.9. The van der Waals surface area contributed by atoms with Crippen LogP contribution in [0.5, 0.6) is 11.5 Å². The van der Waals surface area contributed by atoms with Gasteiger partial charge in [0.1, 0.15) is 11.5 Å². The van der Waals surface area contributed by atoms with E-state index in [-0.39, 0.29) is 6.04 Å². The van der Waals surface area contributed by atoms with Gasteiger partial charge in [0, 0.05) is 10.5 Å². The highest BCUT2D eigenvalue weighted by molar-refractivity contribution is 9.10. The zero-order valence-corrected chi connectivity index (χ0v) is 13.2. The smallest absolute Gasteiger partial charge is 0.127 e. The number of hydrogen-bond donors (Lipinski definition) is 1. The van der Waals surface area contributed by atoms with E-state index < -0.39 is 0 Å². The molecule has 0 spiro atoms. The van der Waals surface area contributed by atoms with Crippen LogP contribution in [0.1, 0.15) is 17.2 Å². The van der Waals surface area contributed by atoms with E-state index in [0.29, 0.717) is 6.42 Å². The summed E-state index contributed by atoms with van der Waals surface area (Å²) >= 11 is 3.55. The highest BCUT2D eigenvalue weighted by atomic mass is 79.9. The van der Waals surface area contributed by atoms with E-state index in [0.717, 1.165) is 27.1 Å². The van der Waals surface area contributed by atoms with Crippen molar-refractivity contribution in [1.82, 2.24) is 0 Å². The first-order valence-corrected chi connectivity index (χ1v) is 7.16. The summed E-state index contributed by atoms with van der Waals surface area (Å²) in [5.41, 5.74) is 8.42. The van der Waals surface area contributed by atoms with E-state index in [1.165, 1.54) is 0 Å². The molecule has 1 atom stereocenters. The standard InChI is InChI=1S/C16H18BrNO2/c1-19-14-8-5-9-15(20-2)16(14)13(18)10-11-6-3-4-7-12(11)17/h3-9,13H,10,18H2,1-2H3. The fraction of sp³-hybridized carbons (Fsp3) is 0.250. The average Bonchev–Trinajstić information content (AvgIpc) is 2.48. The van der Waals surface area contributed by atoms with Gasteiger partial charge in [0.05, 0.1) is 19.8 Å². The van der Waals surface area contributed by atoms with Crippen LogP contribution in [0, 0.1) is 0 Å². The average molecular weight is 336 g/mol. The largest absolute Gasteiger partial charge is 0.496 e. The number of rotatable bonds is 5. The quantitative estimate of drug-likeness (QED) is 0.905. The third-order valence-corrected chi connectivity index (χ3v) is 4.01. The number of nitrogens with two attached hydrogens (primary N) is 1. The second-order valence-corrected chi connectivity index (χ2v) is 5.33. The number of ether oxygens (including phenoxy) is 2. The molecule has 0 bridgehead atoms. The van der Waals surface area contributed by atoms with Gasteiger partial charge in [-0.2, -0.15) is 0 Å². The summed E-state index contributed by atoms with van der Waals surface area (Å²) in [7, 11) is 3.28. The molecule has 0 radical (unpaired) electrons. The van der Waals surface area contributed by atoms with Crippen molar-refractivity contribution < 1.29 is 9.47 Å². The van der Waals surface area contributed by atoms with Gasteiger partial charge in [-0.25, -0.2) is 0 Å². The lowest BCUT2D eigenvalue weighted by Gasteiger charge is -2.19. The molecule has 0 saturated heterocycles. The maximum Gasteiger partial charge on any atom is 0.127 e. The topological polar surface area (TPSA) is 44.5 Å². The molecule has 20 heavy (non-hydrogen) atoms. The monoisotopic (exact) mass is 335 g/mol. The molecule has 0 heterocycles. The second-order valence-electron chi connectivity index (χ2n) is 4.48. The van der Waals surface area contributed by atoms with E-state index in [1.54, 1.807) is 14.2 Å². The lowest BCUT2D eigenvalue weighted by molar-refractivity contribution is 0.379. The molecule has 0 aliphatic rings. The predicted molar refractivity (Wildman–Crippen MR) is 84.3 cm³/mol. The Morgan fingerprint density at radius 3 is 2.15 bits per heavy atom. The van der Waals surface area contributed by atoms with E-state index >= 15 is 0 Å². The molecule has 2 rings (SSSR count). The lowest BCUT2D eigenvalue weighted by atomic mass is 9.98. The van der Waals surface area contributed by atoms with Crippen molar-refractivity contribution in [3.63, 3.8) is 0 Å². The first-order valence-electron chi connectivity index (χ1n) is 6.37. The van der Waals surface area contributed by atoms with Crippen LogP contribution in [0.4, 0.5) is 0 Å². The summed E-state index contributed by atoms with van der Waals surface area (Å²) in [6, 6.07) is 13.6. The van der Waals surface area contributed by atoms with Crippen molar-refractivity contribution in [2.45, 2.75) is 12.5 Å². The number of hydrogen-bond acceptors (Lipinski definition) is 3. The fourth-order valence-corrected chi connectivity index (χ4v) is 2.69. The molecule has 2 N–H and O–H groups in total. The van der Waals surface area contributed by atoms with Crippen molar-refractivity contribution in [2.75, 3.05) is 14.2 Å². The Labute approximate surface area is 127 Å². The maximum atomic E-state index is 6.37. The molecular weight excluding hydrogens is 318 g/mol. The molecule has 1 unspecified atom stereocenters. The van der Waals surface area contributed by atoms with Gasteiger partial charge in [-0.05, 0) is 30.2 Å². The van der Waals surface area contributed by atoms with Gasteiger partial charge in [-0.15, -0.1) is 0 Å². The second kappa shape index (κ2) is 6.77. The van der Waals surface area contributed by atoms with Crippen LogP contribution in [-0.2, 0) is 6.42 Å². The zero-order valence-electron chi connectivity index (χ0n) is 11.6. The molecule has 4 heteroatoms. The van der Waals surface area contributed by atoms with Gasteiger partial charge in [0.15, 0.2) is 0 Å². The van der Waals surface area contributed by atoms with Gasteiger partial charge < -0.3 is 15.2 Å². The van der Waals surface area contributed by atoms with E-state index in [1.807, 2.05) is 36.4 Å². The van der Waals surface area contributed by atoms with E-state index in [9.17, 15) is 0 Å². The Hall–Kier alpha value is -1.52. The zero-order chi connectivity index (χ0) is 14.5. The Bertz CT molecular complexity index is 564. The minimum absolute atomic E-state index is 0.195. The number of benzene rings is 2. The van der Waals surface area contributed by atoms with Crippen molar-refractivity contribution in [3.8, 4) is 11.5 Å². The summed E-state index contributed by atoms with van der Waals surface area (Å²) in [6.45, 7) is 0. The molecule has 2 aromatic carbocycles. The molecule has 2 aromatic rings. The highest BCUT2D eigenvalue weighted by Gasteiger charge is 2.18. The molecule has 0 amide bonds. The minimum Gasteiger partial charge on any atom is -0.496 e. The van der Waals surface area contributed by atoms with Crippen LogP contribution < -0.4 is 15.2 Å². The van der Waals surface area contributed by atoms with Crippen LogP contribution in [-0.4, -0.2) is 14.2 Å². The van der Waals surface area contributed by atoms with Crippen molar-refractivity contribution >= 4 is 15.9 Å². The minimum atomic E-state index is -0.195. The lowest BCUT2D eigenvalue weighted by Crippen LogP contribution is -2.16. The fourth-order valence-electron chi connectivity index (χ4n) is 2.25. The summed E-state index contributed by atoms with van der Waals surface area (Å²) in [4.78, 5) is 0. The van der Waals surface area contributed by atoms with Crippen LogP contribution in [0.25, 0.3) is 0 Å². The summed E-state index contributed by atoms with van der Waals surface area (Å²) in [6.07, 6.45) is 0.707. The van der Waals surface area contributed by atoms with E-state index in [2.05, 4.69) is 22.0 Å². The Kier molecular flexibility index (Phi) is 5.04. The molecule has 0 aliphatic heterocycles. The summed E-state index contributed by atoms with van der Waals surface area (Å²) < 4.78 is 11.9. The SMILES string of the molecule is COc1cccc(OC)c1C(N)Cc1ccccc1Br. The molecule has 106 valence electrons. The summed E-state index contributed by atoms with van der Waals surface area (Å²) in [5.74, 6) is 1.51. The number of halogens is 1. The van der Waals surface area contributed by atoms with Gasteiger partial charge in [0.25, 0.3) is 0 Å². The van der Waals surface area contributed by atoms with E-state index in [4.69, 9.17) is 15.2 Å². The molecule has 0 fully saturated rings.